The van der Waals surface area contributed by atoms with Gasteiger partial charge < -0.3 is 19.1 Å². The van der Waals surface area contributed by atoms with Crippen LogP contribution in [0.2, 0.25) is 0 Å². The zero-order valence-corrected chi connectivity index (χ0v) is 13.2. The topological polar surface area (TPSA) is 48.0 Å². The summed E-state index contributed by atoms with van der Waals surface area (Å²) in [5.74, 6) is 1.43. The molecule has 0 spiro atoms. The Morgan fingerprint density at radius 3 is 2.50 bits per heavy atom. The number of methoxy groups -OCH3 is 3. The number of carbonyl (C=O) groups excluding carboxylic acids is 1. The Hall–Kier alpha value is -2.17. The van der Waals surface area contributed by atoms with Crippen LogP contribution in [0.1, 0.15) is 29.6 Å². The molecule has 0 aromatic heterocycles. The maximum atomic E-state index is 13.0. The van der Waals surface area contributed by atoms with Crippen LogP contribution in [0.4, 0.5) is 0 Å². The Morgan fingerprint density at radius 2 is 1.86 bits per heavy atom. The van der Waals surface area contributed by atoms with Gasteiger partial charge >= 0.3 is 0 Å². The second-order valence-corrected chi connectivity index (χ2v) is 5.56. The second kappa shape index (κ2) is 5.91. The molecule has 3 rings (SSSR count). The van der Waals surface area contributed by atoms with Gasteiger partial charge in [-0.1, -0.05) is 12.2 Å². The molecule has 118 valence electrons. The number of carbonyl (C=O) groups is 1. The predicted octanol–water partition coefficient (Wildman–Crippen LogP) is 2.65. The van der Waals surface area contributed by atoms with Crippen LogP contribution in [-0.4, -0.2) is 44.2 Å². The fourth-order valence-corrected chi connectivity index (χ4v) is 3.45. The number of rotatable bonds is 4. The van der Waals surface area contributed by atoms with Gasteiger partial charge in [0.05, 0.1) is 32.9 Å². The highest BCUT2D eigenvalue weighted by molar-refractivity contribution is 5.99. The largest absolute Gasteiger partial charge is 0.493 e. The molecule has 0 radical (unpaired) electrons. The Morgan fingerprint density at radius 1 is 1.09 bits per heavy atom. The first kappa shape index (κ1) is 14.8. The Kier molecular flexibility index (Phi) is 3.96. The number of fused-ring (bicyclic) bond motifs is 2. The van der Waals surface area contributed by atoms with E-state index in [2.05, 4.69) is 12.2 Å². The molecule has 1 amide bonds. The Balaban J connectivity index is 2.01. The summed E-state index contributed by atoms with van der Waals surface area (Å²) in [7, 11) is 4.65. The van der Waals surface area contributed by atoms with Crippen molar-refractivity contribution in [1.29, 1.82) is 0 Å². The van der Waals surface area contributed by atoms with E-state index >= 15 is 0 Å². The number of hydrogen-bond donors (Lipinski definition) is 0. The minimum Gasteiger partial charge on any atom is -0.493 e. The lowest BCUT2D eigenvalue weighted by Gasteiger charge is -2.32. The van der Waals surface area contributed by atoms with Gasteiger partial charge in [0.2, 0.25) is 5.75 Å². The van der Waals surface area contributed by atoms with E-state index in [0.29, 0.717) is 28.9 Å². The average Bonchev–Trinajstić information content (AvgIpc) is 2.81. The number of nitrogens with zero attached hydrogens (tertiary/aromatic N) is 1. The summed E-state index contributed by atoms with van der Waals surface area (Å²) in [4.78, 5) is 15.0. The average molecular weight is 303 g/mol. The zero-order valence-electron chi connectivity index (χ0n) is 13.2. The first-order valence-corrected chi connectivity index (χ1v) is 7.49. The van der Waals surface area contributed by atoms with Crippen LogP contribution in [-0.2, 0) is 0 Å². The first-order valence-electron chi connectivity index (χ1n) is 7.49. The molecule has 0 N–H and O–H groups in total. The van der Waals surface area contributed by atoms with Gasteiger partial charge in [-0.05, 0) is 31.4 Å². The normalized spacial score (nSPS) is 22.6. The van der Waals surface area contributed by atoms with Gasteiger partial charge in [-0.3, -0.25) is 4.79 Å². The fraction of sp³-hybridized carbons (Fsp3) is 0.471. The van der Waals surface area contributed by atoms with Crippen molar-refractivity contribution >= 4 is 5.91 Å². The van der Waals surface area contributed by atoms with Crippen molar-refractivity contribution in [3.8, 4) is 17.2 Å². The second-order valence-electron chi connectivity index (χ2n) is 5.56. The predicted molar refractivity (Wildman–Crippen MR) is 82.8 cm³/mol. The molecule has 2 aliphatic heterocycles. The molecule has 0 aliphatic carbocycles. The van der Waals surface area contributed by atoms with Crippen molar-refractivity contribution < 1.29 is 19.0 Å². The standard InChI is InChI=1S/C17H21NO4/c1-20-14-10-9-13(15(21-2)16(14)22-3)17(19)18-11-5-4-6-12(18)8-7-11/h4-5,9-12H,6-8H2,1-3H3. The molecule has 5 heteroatoms. The number of hydrogen-bond acceptors (Lipinski definition) is 4. The summed E-state index contributed by atoms with van der Waals surface area (Å²) in [5.41, 5.74) is 0.521. The molecule has 0 saturated carbocycles. The van der Waals surface area contributed by atoms with Crippen LogP contribution >= 0.6 is 0 Å². The molecule has 1 fully saturated rings. The molecular weight excluding hydrogens is 282 g/mol. The van der Waals surface area contributed by atoms with E-state index in [1.54, 1.807) is 33.5 Å². The van der Waals surface area contributed by atoms with Crippen LogP contribution in [0.3, 0.4) is 0 Å². The summed E-state index contributed by atoms with van der Waals surface area (Å²) in [5, 5.41) is 0. The Bertz CT molecular complexity index is 611. The third-order valence-electron chi connectivity index (χ3n) is 4.48. The smallest absolute Gasteiger partial charge is 0.258 e. The molecule has 2 heterocycles. The molecule has 2 aliphatic rings. The van der Waals surface area contributed by atoms with Gasteiger partial charge in [0.1, 0.15) is 0 Å². The van der Waals surface area contributed by atoms with Gasteiger partial charge in [-0.15, -0.1) is 0 Å². The van der Waals surface area contributed by atoms with E-state index in [1.165, 1.54) is 0 Å². The molecule has 5 nitrogen and oxygen atoms in total. The van der Waals surface area contributed by atoms with E-state index in [0.717, 1.165) is 19.3 Å². The van der Waals surface area contributed by atoms with Crippen LogP contribution < -0.4 is 14.2 Å². The van der Waals surface area contributed by atoms with Crippen molar-refractivity contribution in [2.45, 2.75) is 31.3 Å². The lowest BCUT2D eigenvalue weighted by Crippen LogP contribution is -2.42. The van der Waals surface area contributed by atoms with Crippen molar-refractivity contribution in [3.05, 3.63) is 29.8 Å². The van der Waals surface area contributed by atoms with Gasteiger partial charge in [0.25, 0.3) is 5.91 Å². The molecule has 22 heavy (non-hydrogen) atoms. The lowest BCUT2D eigenvalue weighted by molar-refractivity contribution is 0.0684. The van der Waals surface area contributed by atoms with Gasteiger partial charge in [-0.25, -0.2) is 0 Å². The summed E-state index contributed by atoms with van der Waals surface area (Å²) in [6, 6.07) is 3.99. The molecular formula is C17H21NO4. The van der Waals surface area contributed by atoms with E-state index in [-0.39, 0.29) is 11.9 Å². The molecule has 2 atom stereocenters. The monoisotopic (exact) mass is 303 g/mol. The minimum atomic E-state index is -0.00495. The molecule has 1 aromatic rings. The van der Waals surface area contributed by atoms with Gasteiger partial charge in [0, 0.05) is 6.04 Å². The van der Waals surface area contributed by atoms with Crippen molar-refractivity contribution in [1.82, 2.24) is 4.90 Å². The highest BCUT2D eigenvalue weighted by atomic mass is 16.5. The van der Waals surface area contributed by atoms with E-state index < -0.39 is 0 Å². The molecule has 1 saturated heterocycles. The SMILES string of the molecule is COc1ccc(C(=O)N2C3C=CCC2CC3)c(OC)c1OC. The van der Waals surface area contributed by atoms with Crippen LogP contribution in [0.25, 0.3) is 0 Å². The lowest BCUT2D eigenvalue weighted by atomic mass is 10.1. The van der Waals surface area contributed by atoms with E-state index in [9.17, 15) is 4.79 Å². The van der Waals surface area contributed by atoms with Crippen molar-refractivity contribution in [3.63, 3.8) is 0 Å². The first-order chi connectivity index (χ1) is 10.7. The molecule has 1 aromatic carbocycles. The third-order valence-corrected chi connectivity index (χ3v) is 4.48. The number of benzene rings is 1. The maximum Gasteiger partial charge on any atom is 0.258 e. The van der Waals surface area contributed by atoms with Gasteiger partial charge in [-0.2, -0.15) is 0 Å². The van der Waals surface area contributed by atoms with Crippen LogP contribution in [0, 0.1) is 0 Å². The summed E-state index contributed by atoms with van der Waals surface area (Å²) >= 11 is 0. The van der Waals surface area contributed by atoms with Gasteiger partial charge in [0.15, 0.2) is 11.5 Å². The fourth-order valence-electron chi connectivity index (χ4n) is 3.45. The highest BCUT2D eigenvalue weighted by Gasteiger charge is 2.38. The van der Waals surface area contributed by atoms with Crippen LogP contribution in [0.5, 0.6) is 17.2 Å². The van der Waals surface area contributed by atoms with E-state index in [4.69, 9.17) is 14.2 Å². The van der Waals surface area contributed by atoms with Crippen molar-refractivity contribution in [2.75, 3.05) is 21.3 Å². The minimum absolute atomic E-state index is 0.00495. The quantitative estimate of drug-likeness (QED) is 0.802. The summed E-state index contributed by atoms with van der Waals surface area (Å²) in [6.07, 6.45) is 7.33. The third kappa shape index (κ3) is 2.21. The Labute approximate surface area is 130 Å². The number of amides is 1. The maximum absolute atomic E-state index is 13.0. The molecule has 2 bridgehead atoms. The zero-order chi connectivity index (χ0) is 15.7. The number of ether oxygens (including phenoxy) is 3. The van der Waals surface area contributed by atoms with Crippen molar-refractivity contribution in [2.24, 2.45) is 0 Å². The highest BCUT2D eigenvalue weighted by Crippen LogP contribution is 2.42. The van der Waals surface area contributed by atoms with Crippen LogP contribution in [0.15, 0.2) is 24.3 Å². The molecule has 2 unspecified atom stereocenters. The van der Waals surface area contributed by atoms with E-state index in [1.807, 2.05) is 4.90 Å². The summed E-state index contributed by atoms with van der Waals surface area (Å²) < 4.78 is 16.1. The summed E-state index contributed by atoms with van der Waals surface area (Å²) in [6.45, 7) is 0.